The Labute approximate surface area is 129 Å². The van der Waals surface area contributed by atoms with Gasteiger partial charge in [-0.1, -0.05) is 13.0 Å². The lowest BCUT2D eigenvalue weighted by molar-refractivity contribution is -0.197. The summed E-state index contributed by atoms with van der Waals surface area (Å²) in [4.78, 5) is 0. The zero-order valence-corrected chi connectivity index (χ0v) is 14.6. The van der Waals surface area contributed by atoms with Crippen LogP contribution in [0.4, 0.5) is 0 Å². The summed E-state index contributed by atoms with van der Waals surface area (Å²) in [7, 11) is -1.80. The Morgan fingerprint density at radius 2 is 1.90 bits per heavy atom. The molecule has 0 saturated heterocycles. The van der Waals surface area contributed by atoms with Crippen LogP contribution in [0.1, 0.15) is 46.1 Å². The monoisotopic (exact) mass is 310 g/mol. The number of hydrogen-bond donors (Lipinski definition) is 0. The lowest BCUT2D eigenvalue weighted by Crippen LogP contribution is -2.41. The van der Waals surface area contributed by atoms with Gasteiger partial charge in [-0.15, -0.1) is 0 Å². The van der Waals surface area contributed by atoms with Crippen molar-refractivity contribution in [2.75, 3.05) is 13.2 Å². The molecule has 0 spiro atoms. The van der Waals surface area contributed by atoms with Gasteiger partial charge in [0, 0.05) is 32.1 Å². The van der Waals surface area contributed by atoms with Gasteiger partial charge < -0.3 is 18.3 Å². The summed E-state index contributed by atoms with van der Waals surface area (Å²) in [5.41, 5.74) is 1.08. The lowest BCUT2D eigenvalue weighted by atomic mass is 10.1. The highest BCUT2D eigenvalue weighted by molar-refractivity contribution is 6.61. The van der Waals surface area contributed by atoms with E-state index in [2.05, 4.69) is 19.1 Å². The second-order valence-corrected chi connectivity index (χ2v) is 7.38. The third-order valence-electron chi connectivity index (χ3n) is 3.56. The van der Waals surface area contributed by atoms with Gasteiger partial charge in [0.05, 0.1) is 6.61 Å². The predicted molar refractivity (Wildman–Crippen MR) is 85.2 cm³/mol. The van der Waals surface area contributed by atoms with Crippen LogP contribution >= 0.6 is 0 Å². The summed E-state index contributed by atoms with van der Waals surface area (Å²) in [5, 5.41) is 1.14. The molecule has 1 unspecified atom stereocenters. The first kappa shape index (κ1) is 16.5. The molecule has 0 amide bonds. The van der Waals surface area contributed by atoms with Crippen molar-refractivity contribution in [1.82, 2.24) is 0 Å². The molecular weight excluding hydrogens is 284 g/mol. The highest BCUT2D eigenvalue weighted by Crippen LogP contribution is 2.33. The highest BCUT2D eigenvalue weighted by atomic mass is 28.3. The molecule has 0 saturated carbocycles. The largest absolute Gasteiger partial charge is 0.462 e. The first-order chi connectivity index (χ1) is 10.1. The SMILES string of the molecule is CCCC1(C)OCc2cc([SiH](OCC)OCC)ccc2O1. The molecule has 1 aromatic rings. The Balaban J connectivity index is 2.17. The lowest BCUT2D eigenvalue weighted by Gasteiger charge is -2.35. The molecule has 5 heteroatoms. The molecule has 0 aromatic heterocycles. The third kappa shape index (κ3) is 4.07. The second kappa shape index (κ2) is 7.40. The van der Waals surface area contributed by atoms with Crippen molar-refractivity contribution in [1.29, 1.82) is 0 Å². The number of benzene rings is 1. The smallest absolute Gasteiger partial charge is 0.355 e. The van der Waals surface area contributed by atoms with Gasteiger partial charge in [0.15, 0.2) is 0 Å². The summed E-state index contributed by atoms with van der Waals surface area (Å²) >= 11 is 0. The maximum absolute atomic E-state index is 6.03. The second-order valence-electron chi connectivity index (χ2n) is 5.38. The van der Waals surface area contributed by atoms with Crippen molar-refractivity contribution >= 4 is 14.5 Å². The van der Waals surface area contributed by atoms with Crippen LogP contribution in [0.25, 0.3) is 0 Å². The molecule has 4 nitrogen and oxygen atoms in total. The molecule has 1 heterocycles. The average molecular weight is 310 g/mol. The standard InChI is InChI=1S/C16H26O4Si/c1-5-10-16(4)17-12-13-11-14(8-9-15(13)20-16)21(18-6-2)19-7-3/h8-9,11,21H,5-7,10,12H2,1-4H3. The molecular formula is C16H26O4Si. The fraction of sp³-hybridized carbons (Fsp3) is 0.625. The van der Waals surface area contributed by atoms with E-state index < -0.39 is 15.1 Å². The van der Waals surface area contributed by atoms with Crippen LogP contribution in [0.5, 0.6) is 5.75 Å². The summed E-state index contributed by atoms with van der Waals surface area (Å²) in [6.45, 7) is 10.1. The molecule has 1 aliphatic rings. The molecule has 0 radical (unpaired) electrons. The van der Waals surface area contributed by atoms with Crippen LogP contribution in [0.15, 0.2) is 18.2 Å². The van der Waals surface area contributed by atoms with Crippen LogP contribution in [0.3, 0.4) is 0 Å². The minimum absolute atomic E-state index is 0.500. The molecule has 2 rings (SSSR count). The minimum atomic E-state index is -1.80. The third-order valence-corrected chi connectivity index (χ3v) is 5.73. The van der Waals surface area contributed by atoms with Gasteiger partial charge in [-0.05, 0) is 37.6 Å². The van der Waals surface area contributed by atoms with Crippen molar-refractivity contribution in [3.63, 3.8) is 0 Å². The first-order valence-corrected chi connectivity index (χ1v) is 9.33. The predicted octanol–water partition coefficient (Wildman–Crippen LogP) is 2.61. The first-order valence-electron chi connectivity index (χ1n) is 7.80. The van der Waals surface area contributed by atoms with Gasteiger partial charge in [0.25, 0.3) is 0 Å². The molecule has 0 bridgehead atoms. The van der Waals surface area contributed by atoms with Crippen molar-refractivity contribution in [2.24, 2.45) is 0 Å². The molecule has 1 atom stereocenters. The maximum Gasteiger partial charge on any atom is 0.355 e. The Hall–Kier alpha value is -0.883. The zero-order valence-electron chi connectivity index (χ0n) is 13.5. The fourth-order valence-electron chi connectivity index (χ4n) is 2.57. The van der Waals surface area contributed by atoms with E-state index >= 15 is 0 Å². The van der Waals surface area contributed by atoms with E-state index in [1.165, 1.54) is 0 Å². The van der Waals surface area contributed by atoms with Crippen molar-refractivity contribution < 1.29 is 18.3 Å². The fourth-order valence-corrected chi connectivity index (χ4v) is 4.25. The molecule has 1 aliphatic heterocycles. The Morgan fingerprint density at radius 3 is 2.52 bits per heavy atom. The molecule has 0 N–H and O–H groups in total. The Bertz CT molecular complexity index is 460. The van der Waals surface area contributed by atoms with Gasteiger partial charge in [0.2, 0.25) is 5.79 Å². The molecule has 1 aromatic carbocycles. The molecule has 0 aliphatic carbocycles. The van der Waals surface area contributed by atoms with Gasteiger partial charge in [-0.3, -0.25) is 0 Å². The van der Waals surface area contributed by atoms with Crippen molar-refractivity contribution in [3.05, 3.63) is 23.8 Å². The van der Waals surface area contributed by atoms with E-state index in [1.54, 1.807) is 0 Å². The summed E-state index contributed by atoms with van der Waals surface area (Å²) in [6.07, 6.45) is 1.93. The van der Waals surface area contributed by atoms with Crippen molar-refractivity contribution in [3.8, 4) is 5.75 Å². The van der Waals surface area contributed by atoms with Gasteiger partial charge >= 0.3 is 9.28 Å². The van der Waals surface area contributed by atoms with Crippen LogP contribution < -0.4 is 9.92 Å². The summed E-state index contributed by atoms with van der Waals surface area (Å²) in [5.74, 6) is 0.418. The van der Waals surface area contributed by atoms with E-state index in [-0.39, 0.29) is 0 Å². The molecule has 21 heavy (non-hydrogen) atoms. The number of rotatable bonds is 7. The Morgan fingerprint density at radius 1 is 1.19 bits per heavy atom. The maximum atomic E-state index is 6.03. The van der Waals surface area contributed by atoms with Crippen LogP contribution in [0.2, 0.25) is 0 Å². The van der Waals surface area contributed by atoms with E-state index in [0.29, 0.717) is 19.8 Å². The normalized spacial score (nSPS) is 21.2. The van der Waals surface area contributed by atoms with E-state index in [4.69, 9.17) is 18.3 Å². The van der Waals surface area contributed by atoms with Crippen LogP contribution in [-0.4, -0.2) is 28.3 Å². The van der Waals surface area contributed by atoms with E-state index in [0.717, 1.165) is 29.3 Å². The molecule has 118 valence electrons. The van der Waals surface area contributed by atoms with E-state index in [9.17, 15) is 0 Å². The average Bonchev–Trinajstić information content (AvgIpc) is 2.46. The van der Waals surface area contributed by atoms with Crippen molar-refractivity contribution in [2.45, 2.75) is 52.9 Å². The Kier molecular flexibility index (Phi) is 5.81. The van der Waals surface area contributed by atoms with Gasteiger partial charge in [-0.2, -0.15) is 0 Å². The van der Waals surface area contributed by atoms with Gasteiger partial charge in [-0.25, -0.2) is 0 Å². The summed E-state index contributed by atoms with van der Waals surface area (Å²) < 4.78 is 23.5. The number of hydrogen-bond acceptors (Lipinski definition) is 4. The highest BCUT2D eigenvalue weighted by Gasteiger charge is 2.32. The van der Waals surface area contributed by atoms with Crippen LogP contribution in [0, 0.1) is 0 Å². The van der Waals surface area contributed by atoms with E-state index in [1.807, 2.05) is 26.8 Å². The zero-order chi connectivity index (χ0) is 15.3. The minimum Gasteiger partial charge on any atom is -0.462 e. The molecule has 0 fully saturated rings. The quantitative estimate of drug-likeness (QED) is 0.726. The summed E-state index contributed by atoms with van der Waals surface area (Å²) in [6, 6.07) is 6.21. The van der Waals surface area contributed by atoms with Gasteiger partial charge in [0.1, 0.15) is 5.75 Å². The number of fused-ring (bicyclic) bond motifs is 1. The topological polar surface area (TPSA) is 36.9 Å². The van der Waals surface area contributed by atoms with Crippen LogP contribution in [-0.2, 0) is 20.2 Å². The number of ether oxygens (including phenoxy) is 2.